The molecule has 2 heterocycles. The van der Waals surface area contributed by atoms with Gasteiger partial charge in [-0.05, 0) is 52.3 Å². The quantitative estimate of drug-likeness (QED) is 0.777. The van der Waals surface area contributed by atoms with Gasteiger partial charge in [0.15, 0.2) is 6.10 Å². The predicted octanol–water partition coefficient (Wildman–Crippen LogP) is 2.04. The molecule has 0 radical (unpaired) electrons. The first-order chi connectivity index (χ1) is 13.5. The molecule has 1 fully saturated rings. The fourth-order valence-electron chi connectivity index (χ4n) is 3.14. The molecule has 10 heteroatoms. The van der Waals surface area contributed by atoms with Crippen LogP contribution >= 0.6 is 0 Å². The van der Waals surface area contributed by atoms with Gasteiger partial charge in [0.2, 0.25) is 10.0 Å². The highest BCUT2D eigenvalue weighted by Crippen LogP contribution is 2.33. The zero-order chi connectivity index (χ0) is 21.4. The van der Waals surface area contributed by atoms with Crippen molar-refractivity contribution in [2.24, 2.45) is 0 Å². The number of fused-ring (bicyclic) bond motifs is 1. The van der Waals surface area contributed by atoms with Gasteiger partial charge in [0, 0.05) is 26.2 Å². The molecule has 2 aliphatic rings. The number of ether oxygens (including phenoxy) is 2. The first kappa shape index (κ1) is 21.4. The molecule has 0 saturated carbocycles. The molecule has 1 N–H and O–H groups in total. The van der Waals surface area contributed by atoms with Crippen molar-refractivity contribution >= 4 is 27.7 Å². The molecular formula is C19H27N3O6S. The number of rotatable bonds is 2. The van der Waals surface area contributed by atoms with Crippen LogP contribution in [0.25, 0.3) is 0 Å². The van der Waals surface area contributed by atoms with E-state index in [-0.39, 0.29) is 23.9 Å². The summed E-state index contributed by atoms with van der Waals surface area (Å²) in [6, 6.07) is 4.42. The first-order valence-corrected chi connectivity index (χ1v) is 11.0. The molecule has 0 aromatic heterocycles. The molecule has 1 atom stereocenters. The van der Waals surface area contributed by atoms with Crippen LogP contribution in [0.15, 0.2) is 23.1 Å². The lowest BCUT2D eigenvalue weighted by Crippen LogP contribution is -2.40. The van der Waals surface area contributed by atoms with Gasteiger partial charge in [-0.1, -0.05) is 0 Å². The molecular weight excluding hydrogens is 398 g/mol. The summed E-state index contributed by atoms with van der Waals surface area (Å²) >= 11 is 0. The van der Waals surface area contributed by atoms with Crippen LogP contribution in [0.5, 0.6) is 5.75 Å². The maximum absolute atomic E-state index is 13.1. The van der Waals surface area contributed by atoms with Crippen molar-refractivity contribution in [1.29, 1.82) is 0 Å². The molecule has 3 rings (SSSR count). The van der Waals surface area contributed by atoms with E-state index in [0.29, 0.717) is 30.9 Å². The van der Waals surface area contributed by atoms with Crippen molar-refractivity contribution in [2.45, 2.75) is 50.7 Å². The van der Waals surface area contributed by atoms with Gasteiger partial charge in [-0.2, -0.15) is 4.31 Å². The highest BCUT2D eigenvalue weighted by molar-refractivity contribution is 7.89. The first-order valence-electron chi connectivity index (χ1n) is 9.57. The molecule has 1 aromatic carbocycles. The zero-order valence-electron chi connectivity index (χ0n) is 17.1. The summed E-state index contributed by atoms with van der Waals surface area (Å²) in [6.45, 7) is 8.12. The van der Waals surface area contributed by atoms with Gasteiger partial charge in [-0.15, -0.1) is 0 Å². The molecule has 160 valence electrons. The summed E-state index contributed by atoms with van der Waals surface area (Å²) in [7, 11) is -3.79. The number of amides is 2. The van der Waals surface area contributed by atoms with E-state index in [1.807, 2.05) is 0 Å². The number of nitrogens with zero attached hydrogens (tertiary/aromatic N) is 2. The summed E-state index contributed by atoms with van der Waals surface area (Å²) in [6.07, 6.45) is -0.574. The minimum atomic E-state index is -3.79. The number of carbonyl (C=O) groups is 2. The van der Waals surface area contributed by atoms with E-state index < -0.39 is 27.8 Å². The van der Waals surface area contributed by atoms with Crippen LogP contribution < -0.4 is 10.1 Å². The Balaban J connectivity index is 1.74. The van der Waals surface area contributed by atoms with E-state index >= 15 is 0 Å². The molecule has 1 saturated heterocycles. The molecule has 2 amide bonds. The van der Waals surface area contributed by atoms with E-state index in [1.54, 1.807) is 33.8 Å². The smallest absolute Gasteiger partial charge is 0.410 e. The molecule has 9 nitrogen and oxygen atoms in total. The maximum Gasteiger partial charge on any atom is 0.410 e. The number of hydrogen-bond donors (Lipinski definition) is 1. The van der Waals surface area contributed by atoms with Gasteiger partial charge in [-0.3, -0.25) is 4.79 Å². The number of anilines is 1. The van der Waals surface area contributed by atoms with Gasteiger partial charge in [0.05, 0.1) is 10.6 Å². The second kappa shape index (κ2) is 7.83. The average molecular weight is 426 g/mol. The van der Waals surface area contributed by atoms with Gasteiger partial charge >= 0.3 is 6.09 Å². The standard InChI is InChI=1S/C19H27N3O6S/c1-13-17(23)20-15-12-14(6-7-16(15)27-13)29(25,26)22-9-5-8-21(10-11-22)18(24)28-19(2,3)4/h6-7,12-13H,5,8-11H2,1-4H3,(H,20,23). The molecule has 2 aliphatic heterocycles. The van der Waals surface area contributed by atoms with Crippen LogP contribution in [0.2, 0.25) is 0 Å². The van der Waals surface area contributed by atoms with Gasteiger partial charge in [0.1, 0.15) is 11.4 Å². The third-order valence-electron chi connectivity index (χ3n) is 4.63. The van der Waals surface area contributed by atoms with Crippen LogP contribution in [0.4, 0.5) is 10.5 Å². The van der Waals surface area contributed by atoms with Gasteiger partial charge in [-0.25, -0.2) is 13.2 Å². The van der Waals surface area contributed by atoms with E-state index in [2.05, 4.69) is 5.32 Å². The molecule has 0 spiro atoms. The zero-order valence-corrected chi connectivity index (χ0v) is 17.9. The number of sulfonamides is 1. The van der Waals surface area contributed by atoms with Crippen molar-refractivity contribution in [2.75, 3.05) is 31.5 Å². The fraction of sp³-hybridized carbons (Fsp3) is 0.579. The largest absolute Gasteiger partial charge is 0.479 e. The summed E-state index contributed by atoms with van der Waals surface area (Å²) in [5.41, 5.74) is -0.276. The monoisotopic (exact) mass is 425 g/mol. The highest BCUT2D eigenvalue weighted by Gasteiger charge is 2.31. The lowest BCUT2D eigenvalue weighted by molar-refractivity contribution is -0.122. The highest BCUT2D eigenvalue weighted by atomic mass is 32.2. The number of carbonyl (C=O) groups excluding carboxylic acids is 2. The summed E-state index contributed by atoms with van der Waals surface area (Å²) in [5.74, 6) is 0.109. The van der Waals surface area contributed by atoms with Crippen LogP contribution in [0.3, 0.4) is 0 Å². The molecule has 29 heavy (non-hydrogen) atoms. The molecule has 0 bridgehead atoms. The SMILES string of the molecule is CC1Oc2ccc(S(=O)(=O)N3CCCN(C(=O)OC(C)(C)C)CC3)cc2NC1=O. The number of benzene rings is 1. The fourth-order valence-corrected chi connectivity index (χ4v) is 4.64. The van der Waals surface area contributed by atoms with E-state index in [4.69, 9.17) is 9.47 Å². The Morgan fingerprint density at radius 2 is 1.93 bits per heavy atom. The Bertz CT molecular complexity index is 909. The normalized spacial score (nSPS) is 20.9. The van der Waals surface area contributed by atoms with Gasteiger partial charge in [0.25, 0.3) is 5.91 Å². The number of nitrogens with one attached hydrogen (secondary N) is 1. The lowest BCUT2D eigenvalue weighted by Gasteiger charge is -2.26. The van der Waals surface area contributed by atoms with E-state index in [1.165, 1.54) is 21.3 Å². The lowest BCUT2D eigenvalue weighted by atomic mass is 10.2. The Hall–Kier alpha value is -2.33. The topological polar surface area (TPSA) is 105 Å². The Labute approximate surface area is 171 Å². The average Bonchev–Trinajstić information content (AvgIpc) is 2.87. The second-order valence-corrected chi connectivity index (χ2v) is 10.1. The Morgan fingerprint density at radius 1 is 1.21 bits per heavy atom. The van der Waals surface area contributed by atoms with E-state index in [0.717, 1.165) is 0 Å². The molecule has 0 aliphatic carbocycles. The van der Waals surface area contributed by atoms with Crippen molar-refractivity contribution in [3.63, 3.8) is 0 Å². The molecule has 1 aromatic rings. The van der Waals surface area contributed by atoms with Crippen molar-refractivity contribution in [1.82, 2.24) is 9.21 Å². The maximum atomic E-state index is 13.1. The van der Waals surface area contributed by atoms with Crippen LogP contribution in [0.1, 0.15) is 34.1 Å². The molecule has 1 unspecified atom stereocenters. The van der Waals surface area contributed by atoms with Crippen LogP contribution in [0, 0.1) is 0 Å². The summed E-state index contributed by atoms with van der Waals surface area (Å²) in [5, 5.41) is 2.66. The second-order valence-electron chi connectivity index (χ2n) is 8.13. The number of hydrogen-bond acceptors (Lipinski definition) is 6. The third-order valence-corrected chi connectivity index (χ3v) is 6.52. The Kier molecular flexibility index (Phi) is 5.77. The third kappa shape index (κ3) is 4.81. The van der Waals surface area contributed by atoms with Crippen LogP contribution in [-0.2, 0) is 19.6 Å². The van der Waals surface area contributed by atoms with Crippen molar-refractivity contribution < 1.29 is 27.5 Å². The van der Waals surface area contributed by atoms with Gasteiger partial charge < -0.3 is 19.7 Å². The minimum Gasteiger partial charge on any atom is -0.479 e. The van der Waals surface area contributed by atoms with Crippen molar-refractivity contribution in [3.05, 3.63) is 18.2 Å². The van der Waals surface area contributed by atoms with E-state index in [9.17, 15) is 18.0 Å². The van der Waals surface area contributed by atoms with Crippen LogP contribution in [-0.4, -0.2) is 67.5 Å². The Morgan fingerprint density at radius 3 is 2.62 bits per heavy atom. The predicted molar refractivity (Wildman–Crippen MR) is 106 cm³/mol. The summed E-state index contributed by atoms with van der Waals surface area (Å²) < 4.78 is 38.4. The minimum absolute atomic E-state index is 0.0698. The van der Waals surface area contributed by atoms with Crippen molar-refractivity contribution in [3.8, 4) is 5.75 Å². The summed E-state index contributed by atoms with van der Waals surface area (Å²) in [4.78, 5) is 25.7.